The van der Waals surface area contributed by atoms with E-state index in [4.69, 9.17) is 9.47 Å². The molecule has 2 aromatic rings. The van der Waals surface area contributed by atoms with Gasteiger partial charge in [0.15, 0.2) is 23.0 Å². The number of likely N-dealkylation sites (N-methyl/N-ethyl adjacent to an activating group) is 2. The second kappa shape index (κ2) is 9.60. The molecule has 0 saturated carbocycles. The quantitative estimate of drug-likeness (QED) is 0.535. The Labute approximate surface area is 187 Å². The molecule has 0 unspecified atom stereocenters. The van der Waals surface area contributed by atoms with Gasteiger partial charge in [-0.15, -0.1) is 0 Å². The van der Waals surface area contributed by atoms with E-state index in [9.17, 15) is 10.2 Å². The number of hydrogen-bond acceptors (Lipinski definition) is 8. The van der Waals surface area contributed by atoms with E-state index in [2.05, 4.69) is 9.80 Å². The summed E-state index contributed by atoms with van der Waals surface area (Å²) in [7, 11) is 11.3. The summed E-state index contributed by atoms with van der Waals surface area (Å²) in [6, 6.07) is 3.81. The number of hydrogen-bond donors (Lipinski definition) is 2. The highest BCUT2D eigenvalue weighted by Gasteiger charge is 2.30. The molecule has 0 amide bonds. The fraction of sp³-hybridized carbons (Fsp3) is 0.455. The van der Waals surface area contributed by atoms with Crippen molar-refractivity contribution in [2.24, 2.45) is 0 Å². The van der Waals surface area contributed by atoms with Crippen molar-refractivity contribution in [3.8, 4) is 23.0 Å². The van der Waals surface area contributed by atoms with Gasteiger partial charge in [-0.25, -0.2) is 0 Å². The normalized spacial score (nSPS) is 12.8. The fourth-order valence-electron chi connectivity index (χ4n) is 3.30. The topological polar surface area (TPSA) is 65.4 Å². The molecule has 0 aromatic heterocycles. The van der Waals surface area contributed by atoms with E-state index in [-0.39, 0.29) is 11.5 Å². The first-order valence-electron chi connectivity index (χ1n) is 9.77. The second-order valence-corrected chi connectivity index (χ2v) is 9.84. The van der Waals surface area contributed by atoms with Gasteiger partial charge in [-0.3, -0.25) is 0 Å². The standard InChI is InChI=1S/C22H30N2O4S2/c1-23(2)9-7-13-11-15(27-5)17(25)21-19(13)29-22-18(26)16(28-6)12-14(20(22)30-21)8-10-24(3)4/h11-12,25-26H,7-10H2,1-6H3. The van der Waals surface area contributed by atoms with Crippen LogP contribution >= 0.6 is 23.5 Å². The van der Waals surface area contributed by atoms with Gasteiger partial charge in [0.05, 0.1) is 24.0 Å². The van der Waals surface area contributed by atoms with Gasteiger partial charge in [0.2, 0.25) is 0 Å². The molecule has 0 radical (unpaired) electrons. The van der Waals surface area contributed by atoms with E-state index in [1.165, 1.54) is 23.5 Å². The van der Waals surface area contributed by atoms with Gasteiger partial charge in [-0.05, 0) is 64.3 Å². The third kappa shape index (κ3) is 4.61. The van der Waals surface area contributed by atoms with Crippen LogP contribution in [0.1, 0.15) is 11.1 Å². The smallest absolute Gasteiger partial charge is 0.173 e. The minimum atomic E-state index is 0.151. The Morgan fingerprint density at radius 2 is 1.07 bits per heavy atom. The average Bonchev–Trinajstić information content (AvgIpc) is 2.72. The van der Waals surface area contributed by atoms with Crippen molar-refractivity contribution >= 4 is 23.5 Å². The van der Waals surface area contributed by atoms with Crippen molar-refractivity contribution < 1.29 is 19.7 Å². The van der Waals surface area contributed by atoms with Gasteiger partial charge in [-0.1, -0.05) is 23.5 Å². The molecule has 1 aliphatic heterocycles. The summed E-state index contributed by atoms with van der Waals surface area (Å²) < 4.78 is 10.9. The highest BCUT2D eigenvalue weighted by Crippen LogP contribution is 2.59. The largest absolute Gasteiger partial charge is 0.503 e. The number of ether oxygens (including phenoxy) is 2. The Balaban J connectivity index is 2.13. The molecule has 0 saturated heterocycles. The first-order chi connectivity index (χ1) is 14.3. The molecular formula is C22H30N2O4S2. The number of aromatic hydroxyl groups is 2. The fourth-order valence-corrected chi connectivity index (χ4v) is 6.02. The minimum absolute atomic E-state index is 0.151. The van der Waals surface area contributed by atoms with Crippen LogP contribution < -0.4 is 9.47 Å². The zero-order chi connectivity index (χ0) is 22.0. The Morgan fingerprint density at radius 3 is 1.37 bits per heavy atom. The summed E-state index contributed by atoms with van der Waals surface area (Å²) in [6.45, 7) is 1.74. The Bertz CT molecular complexity index is 857. The van der Waals surface area contributed by atoms with Crippen LogP contribution in [0, 0.1) is 0 Å². The minimum Gasteiger partial charge on any atom is -0.503 e. The third-order valence-corrected chi connectivity index (χ3v) is 7.81. The van der Waals surface area contributed by atoms with E-state index in [1.54, 1.807) is 14.2 Å². The molecular weight excluding hydrogens is 420 g/mol. The summed E-state index contributed by atoms with van der Waals surface area (Å²) in [5.41, 5.74) is 2.18. The lowest BCUT2D eigenvalue weighted by Gasteiger charge is -2.27. The maximum Gasteiger partial charge on any atom is 0.173 e. The summed E-state index contributed by atoms with van der Waals surface area (Å²) >= 11 is 3.00. The number of fused-ring (bicyclic) bond motifs is 2. The maximum absolute atomic E-state index is 10.9. The number of phenolic OH excluding ortho intramolecular Hbond substituents is 2. The van der Waals surface area contributed by atoms with Crippen LogP contribution in [0.4, 0.5) is 0 Å². The van der Waals surface area contributed by atoms with Gasteiger partial charge in [-0.2, -0.15) is 0 Å². The Hall–Kier alpha value is -1.74. The van der Waals surface area contributed by atoms with Crippen LogP contribution in [0.15, 0.2) is 31.7 Å². The van der Waals surface area contributed by atoms with Gasteiger partial charge >= 0.3 is 0 Å². The molecule has 0 bridgehead atoms. The highest BCUT2D eigenvalue weighted by atomic mass is 32.2. The second-order valence-electron chi connectivity index (χ2n) is 7.80. The molecule has 0 aliphatic carbocycles. The van der Waals surface area contributed by atoms with Gasteiger partial charge in [0.25, 0.3) is 0 Å². The van der Waals surface area contributed by atoms with Crippen LogP contribution in [0.2, 0.25) is 0 Å². The van der Waals surface area contributed by atoms with Crippen molar-refractivity contribution in [3.63, 3.8) is 0 Å². The predicted octanol–water partition coefficient (Wildman–Crippen LogP) is 3.94. The molecule has 1 aliphatic rings. The Morgan fingerprint density at radius 1 is 0.700 bits per heavy atom. The number of phenols is 2. The van der Waals surface area contributed by atoms with Crippen LogP contribution in [0.3, 0.4) is 0 Å². The summed E-state index contributed by atoms with van der Waals surface area (Å²) in [4.78, 5) is 7.76. The molecule has 1 heterocycles. The maximum atomic E-state index is 10.9. The van der Waals surface area contributed by atoms with Crippen molar-refractivity contribution in [1.82, 2.24) is 9.80 Å². The van der Waals surface area contributed by atoms with Crippen molar-refractivity contribution in [2.75, 3.05) is 55.5 Å². The van der Waals surface area contributed by atoms with Crippen LogP contribution in [0.25, 0.3) is 0 Å². The molecule has 30 heavy (non-hydrogen) atoms. The monoisotopic (exact) mass is 450 g/mol. The predicted molar refractivity (Wildman–Crippen MR) is 122 cm³/mol. The zero-order valence-electron chi connectivity index (χ0n) is 18.4. The molecule has 2 N–H and O–H groups in total. The molecule has 8 heteroatoms. The van der Waals surface area contributed by atoms with Crippen molar-refractivity contribution in [1.29, 1.82) is 0 Å². The van der Waals surface area contributed by atoms with Crippen molar-refractivity contribution in [2.45, 2.75) is 32.4 Å². The Kier molecular flexibility index (Phi) is 7.34. The summed E-state index contributed by atoms with van der Waals surface area (Å²) in [6.07, 6.45) is 1.63. The molecule has 0 atom stereocenters. The lowest BCUT2D eigenvalue weighted by atomic mass is 10.1. The third-order valence-electron chi connectivity index (χ3n) is 5.01. The van der Waals surface area contributed by atoms with E-state index < -0.39 is 0 Å². The van der Waals surface area contributed by atoms with E-state index in [0.717, 1.165) is 56.6 Å². The van der Waals surface area contributed by atoms with E-state index in [1.807, 2.05) is 40.3 Å². The lowest BCUT2D eigenvalue weighted by molar-refractivity contribution is 0.361. The zero-order valence-corrected chi connectivity index (χ0v) is 20.0. The molecule has 164 valence electrons. The molecule has 0 fully saturated rings. The van der Waals surface area contributed by atoms with Crippen LogP contribution in [-0.2, 0) is 12.8 Å². The van der Waals surface area contributed by atoms with Gasteiger partial charge in [0, 0.05) is 22.9 Å². The van der Waals surface area contributed by atoms with Crippen LogP contribution in [-0.4, -0.2) is 75.5 Å². The number of methoxy groups -OCH3 is 2. The van der Waals surface area contributed by atoms with E-state index in [0.29, 0.717) is 11.5 Å². The lowest BCUT2D eigenvalue weighted by Crippen LogP contribution is -2.16. The van der Waals surface area contributed by atoms with Crippen LogP contribution in [0.5, 0.6) is 23.0 Å². The SMILES string of the molecule is COc1cc(CCN(C)C)c2c(c1O)Sc1c(CCN(C)C)cc(OC)c(O)c1S2. The van der Waals surface area contributed by atoms with Gasteiger partial charge < -0.3 is 29.5 Å². The first-order valence-corrected chi connectivity index (χ1v) is 11.4. The number of nitrogens with zero attached hydrogens (tertiary/aromatic N) is 2. The first kappa shape index (κ1) is 22.9. The molecule has 6 nitrogen and oxygen atoms in total. The van der Waals surface area contributed by atoms with Crippen molar-refractivity contribution in [3.05, 3.63) is 23.3 Å². The summed E-state index contributed by atoms with van der Waals surface area (Å²) in [5, 5.41) is 21.8. The van der Waals surface area contributed by atoms with Gasteiger partial charge in [0.1, 0.15) is 0 Å². The molecule has 0 spiro atoms. The summed E-state index contributed by atoms with van der Waals surface area (Å²) in [5.74, 6) is 1.26. The average molecular weight is 451 g/mol. The van der Waals surface area contributed by atoms with E-state index >= 15 is 0 Å². The molecule has 3 rings (SSSR count). The highest BCUT2D eigenvalue weighted by molar-refractivity contribution is 8.05. The number of benzene rings is 2. The number of rotatable bonds is 8. The molecule has 2 aromatic carbocycles.